The predicted octanol–water partition coefficient (Wildman–Crippen LogP) is 2.74. The van der Waals surface area contributed by atoms with Crippen molar-refractivity contribution in [1.82, 2.24) is 5.32 Å². The zero-order valence-electron chi connectivity index (χ0n) is 12.2. The molecule has 0 atom stereocenters. The number of carboxylic acid groups (broad SMARTS) is 1. The molecule has 1 aliphatic carbocycles. The number of hydrogen-bond donors (Lipinski definition) is 2. The Bertz CT molecular complexity index is 366. The molecule has 2 N–H and O–H groups in total. The maximum atomic E-state index is 12.1. The minimum Gasteiger partial charge on any atom is -0.481 e. The van der Waals surface area contributed by atoms with Gasteiger partial charge in [0.15, 0.2) is 0 Å². The van der Waals surface area contributed by atoms with Crippen molar-refractivity contribution >= 4 is 11.9 Å². The van der Waals surface area contributed by atoms with E-state index in [1.807, 2.05) is 0 Å². The van der Waals surface area contributed by atoms with E-state index in [0.717, 1.165) is 25.7 Å². The third-order valence-corrected chi connectivity index (χ3v) is 3.97. The molecule has 1 aliphatic rings. The highest BCUT2D eigenvalue weighted by Crippen LogP contribution is 2.30. The van der Waals surface area contributed by atoms with Crippen LogP contribution in [0.25, 0.3) is 0 Å². The molecule has 0 bridgehead atoms. The first-order chi connectivity index (χ1) is 8.72. The topological polar surface area (TPSA) is 66.4 Å². The molecule has 1 amide bonds. The van der Waals surface area contributed by atoms with Crippen LogP contribution in [-0.4, -0.2) is 23.0 Å². The number of hydrogen-bond acceptors (Lipinski definition) is 2. The number of allylic oxidation sites excluding steroid dienone is 1. The second-order valence-corrected chi connectivity index (χ2v) is 6.32. The van der Waals surface area contributed by atoms with Gasteiger partial charge in [0.25, 0.3) is 0 Å². The van der Waals surface area contributed by atoms with Crippen LogP contribution in [0.3, 0.4) is 0 Å². The van der Waals surface area contributed by atoms with E-state index in [-0.39, 0.29) is 18.4 Å². The van der Waals surface area contributed by atoms with Gasteiger partial charge >= 0.3 is 5.97 Å². The van der Waals surface area contributed by atoms with Crippen molar-refractivity contribution in [3.05, 3.63) is 12.2 Å². The van der Waals surface area contributed by atoms with Crippen LogP contribution in [0.15, 0.2) is 12.2 Å². The van der Waals surface area contributed by atoms with E-state index < -0.39 is 11.4 Å². The molecule has 0 unspecified atom stereocenters. The monoisotopic (exact) mass is 267 g/mol. The standard InChI is InChI=1S/C15H25NO3/c1-10(2)11-5-7-12(8-6-11)16-14(19)15(3,4)9-13(17)18/h11-12H,1,5-9H2,2-4H3,(H,16,19)(H,17,18)/t11-,12-. The number of aliphatic carboxylic acids is 1. The first kappa shape index (κ1) is 15.7. The van der Waals surface area contributed by atoms with Crippen molar-refractivity contribution in [2.75, 3.05) is 0 Å². The van der Waals surface area contributed by atoms with Gasteiger partial charge in [0.05, 0.1) is 11.8 Å². The predicted molar refractivity (Wildman–Crippen MR) is 74.7 cm³/mol. The van der Waals surface area contributed by atoms with Crippen molar-refractivity contribution in [3.63, 3.8) is 0 Å². The van der Waals surface area contributed by atoms with Crippen molar-refractivity contribution in [2.45, 2.75) is 58.9 Å². The van der Waals surface area contributed by atoms with Gasteiger partial charge in [-0.25, -0.2) is 0 Å². The molecular weight excluding hydrogens is 242 g/mol. The van der Waals surface area contributed by atoms with Crippen LogP contribution in [0, 0.1) is 11.3 Å². The Balaban J connectivity index is 2.46. The van der Waals surface area contributed by atoms with Gasteiger partial charge in [0.2, 0.25) is 5.91 Å². The number of rotatable bonds is 5. The minimum atomic E-state index is -0.939. The SMILES string of the molecule is C=C(C)[C@H]1CC[C@H](NC(=O)C(C)(C)CC(=O)O)CC1. The number of amides is 1. The molecule has 19 heavy (non-hydrogen) atoms. The molecule has 0 radical (unpaired) electrons. The smallest absolute Gasteiger partial charge is 0.304 e. The second-order valence-electron chi connectivity index (χ2n) is 6.32. The van der Waals surface area contributed by atoms with Gasteiger partial charge in [-0.2, -0.15) is 0 Å². The normalized spacial score (nSPS) is 23.7. The average molecular weight is 267 g/mol. The van der Waals surface area contributed by atoms with Gasteiger partial charge in [-0.1, -0.05) is 26.0 Å². The molecule has 1 fully saturated rings. The molecule has 0 aromatic heterocycles. The van der Waals surface area contributed by atoms with Crippen LogP contribution in [0.1, 0.15) is 52.9 Å². The van der Waals surface area contributed by atoms with E-state index in [9.17, 15) is 9.59 Å². The molecular formula is C15H25NO3. The molecule has 0 spiro atoms. The fourth-order valence-corrected chi connectivity index (χ4v) is 2.57. The highest BCUT2D eigenvalue weighted by Gasteiger charge is 2.32. The first-order valence-corrected chi connectivity index (χ1v) is 6.90. The fourth-order valence-electron chi connectivity index (χ4n) is 2.57. The largest absolute Gasteiger partial charge is 0.481 e. The zero-order valence-corrected chi connectivity index (χ0v) is 12.2. The van der Waals surface area contributed by atoms with Gasteiger partial charge in [-0.15, -0.1) is 0 Å². The Morgan fingerprint density at radius 1 is 1.26 bits per heavy atom. The molecule has 0 aliphatic heterocycles. The fraction of sp³-hybridized carbons (Fsp3) is 0.733. The lowest BCUT2D eigenvalue weighted by atomic mass is 9.81. The van der Waals surface area contributed by atoms with E-state index in [4.69, 9.17) is 5.11 Å². The quantitative estimate of drug-likeness (QED) is 0.753. The van der Waals surface area contributed by atoms with Gasteiger partial charge in [-0.3, -0.25) is 9.59 Å². The molecule has 0 aromatic carbocycles. The van der Waals surface area contributed by atoms with Crippen molar-refractivity contribution in [2.24, 2.45) is 11.3 Å². The molecule has 108 valence electrons. The molecule has 0 saturated heterocycles. The van der Waals surface area contributed by atoms with Crippen molar-refractivity contribution in [3.8, 4) is 0 Å². The Labute approximate surface area is 115 Å². The van der Waals surface area contributed by atoms with E-state index >= 15 is 0 Å². The number of nitrogens with one attached hydrogen (secondary N) is 1. The van der Waals surface area contributed by atoms with Gasteiger partial charge in [0.1, 0.15) is 0 Å². The Morgan fingerprint density at radius 3 is 2.21 bits per heavy atom. The number of carboxylic acids is 1. The summed E-state index contributed by atoms with van der Waals surface area (Å²) in [6.07, 6.45) is 3.87. The summed E-state index contributed by atoms with van der Waals surface area (Å²) < 4.78 is 0. The summed E-state index contributed by atoms with van der Waals surface area (Å²) in [4.78, 5) is 22.8. The molecule has 0 heterocycles. The lowest BCUT2D eigenvalue weighted by molar-refractivity contribution is -0.144. The van der Waals surface area contributed by atoms with Crippen LogP contribution in [-0.2, 0) is 9.59 Å². The Morgan fingerprint density at radius 2 is 1.79 bits per heavy atom. The molecule has 0 aromatic rings. The summed E-state index contributed by atoms with van der Waals surface area (Å²) in [6, 6.07) is 0.177. The molecule has 4 heteroatoms. The summed E-state index contributed by atoms with van der Waals surface area (Å²) >= 11 is 0. The van der Waals surface area contributed by atoms with Gasteiger partial charge in [-0.05, 0) is 38.5 Å². The molecule has 1 saturated carbocycles. The van der Waals surface area contributed by atoms with Crippen molar-refractivity contribution in [1.29, 1.82) is 0 Å². The maximum absolute atomic E-state index is 12.1. The van der Waals surface area contributed by atoms with E-state index in [1.165, 1.54) is 5.57 Å². The summed E-state index contributed by atoms with van der Waals surface area (Å²) in [5.74, 6) is -0.528. The second kappa shape index (κ2) is 6.22. The maximum Gasteiger partial charge on any atom is 0.304 e. The lowest BCUT2D eigenvalue weighted by Gasteiger charge is -2.32. The summed E-state index contributed by atoms with van der Waals surface area (Å²) in [7, 11) is 0. The molecule has 1 rings (SSSR count). The number of carbonyl (C=O) groups excluding carboxylic acids is 1. The van der Waals surface area contributed by atoms with Crippen LogP contribution >= 0.6 is 0 Å². The van der Waals surface area contributed by atoms with E-state index in [0.29, 0.717) is 5.92 Å². The third kappa shape index (κ3) is 4.69. The first-order valence-electron chi connectivity index (χ1n) is 6.90. The third-order valence-electron chi connectivity index (χ3n) is 3.97. The van der Waals surface area contributed by atoms with E-state index in [2.05, 4.69) is 18.8 Å². The average Bonchev–Trinajstić information content (AvgIpc) is 2.27. The zero-order chi connectivity index (χ0) is 14.6. The van der Waals surface area contributed by atoms with Crippen molar-refractivity contribution < 1.29 is 14.7 Å². The van der Waals surface area contributed by atoms with Crippen LogP contribution in [0.4, 0.5) is 0 Å². The summed E-state index contributed by atoms with van der Waals surface area (Å²) in [5.41, 5.74) is 0.368. The Kier molecular flexibility index (Phi) is 5.15. The lowest BCUT2D eigenvalue weighted by Crippen LogP contribution is -2.45. The highest BCUT2D eigenvalue weighted by atomic mass is 16.4. The summed E-state index contributed by atoms with van der Waals surface area (Å²) in [6.45, 7) is 9.39. The van der Waals surface area contributed by atoms with Crippen LogP contribution in [0.5, 0.6) is 0 Å². The molecule has 4 nitrogen and oxygen atoms in total. The van der Waals surface area contributed by atoms with E-state index in [1.54, 1.807) is 13.8 Å². The van der Waals surface area contributed by atoms with Crippen LogP contribution < -0.4 is 5.32 Å². The van der Waals surface area contributed by atoms with Crippen LogP contribution in [0.2, 0.25) is 0 Å². The Hall–Kier alpha value is -1.32. The number of carbonyl (C=O) groups is 2. The minimum absolute atomic E-state index is 0.139. The van der Waals surface area contributed by atoms with Gasteiger partial charge in [0, 0.05) is 6.04 Å². The highest BCUT2D eigenvalue weighted by molar-refractivity contribution is 5.86. The summed E-state index contributed by atoms with van der Waals surface area (Å²) in [5, 5.41) is 11.8. The van der Waals surface area contributed by atoms with Gasteiger partial charge < -0.3 is 10.4 Å².